The minimum absolute atomic E-state index is 0.0649. The summed E-state index contributed by atoms with van der Waals surface area (Å²) in [5.41, 5.74) is 2.04. The quantitative estimate of drug-likeness (QED) is 0.916. The van der Waals surface area contributed by atoms with E-state index in [2.05, 4.69) is 10.3 Å². The molecule has 1 fully saturated rings. The largest absolute Gasteiger partial charge is 0.376 e. The van der Waals surface area contributed by atoms with E-state index in [-0.39, 0.29) is 18.0 Å². The Balaban J connectivity index is 1.74. The van der Waals surface area contributed by atoms with E-state index in [1.807, 2.05) is 30.3 Å². The molecule has 0 saturated carbocycles. The monoisotopic (exact) mass is 286 g/mol. The molecule has 3 nitrogen and oxygen atoms in total. The number of hydrogen-bond donors (Lipinski definition) is 1. The maximum Gasteiger partial charge on any atom is 0.123 e. The van der Waals surface area contributed by atoms with Gasteiger partial charge in [-0.05, 0) is 42.7 Å². The van der Waals surface area contributed by atoms with Crippen molar-refractivity contribution in [2.75, 3.05) is 6.61 Å². The van der Waals surface area contributed by atoms with E-state index in [1.54, 1.807) is 6.20 Å². The summed E-state index contributed by atoms with van der Waals surface area (Å²) in [6.07, 6.45) is 4.03. The zero-order valence-electron chi connectivity index (χ0n) is 11.8. The lowest BCUT2D eigenvalue weighted by atomic mass is 9.99. The van der Waals surface area contributed by atoms with Gasteiger partial charge in [-0.2, -0.15) is 0 Å². The normalized spacial score (nSPS) is 19.6. The van der Waals surface area contributed by atoms with Gasteiger partial charge < -0.3 is 10.1 Å². The molecular weight excluding hydrogens is 267 g/mol. The Hall–Kier alpha value is -1.78. The highest BCUT2D eigenvalue weighted by atomic mass is 19.1. The number of ether oxygens (including phenoxy) is 1. The molecule has 1 aliphatic rings. The molecule has 2 heterocycles. The number of nitrogens with zero attached hydrogens (tertiary/aromatic N) is 1. The summed E-state index contributed by atoms with van der Waals surface area (Å²) in [7, 11) is 0. The van der Waals surface area contributed by atoms with Gasteiger partial charge in [-0.1, -0.05) is 18.2 Å². The Morgan fingerprint density at radius 2 is 2.10 bits per heavy atom. The molecule has 0 bridgehead atoms. The minimum Gasteiger partial charge on any atom is -0.376 e. The number of rotatable bonds is 5. The maximum atomic E-state index is 13.1. The van der Waals surface area contributed by atoms with Crippen molar-refractivity contribution in [1.82, 2.24) is 10.3 Å². The van der Waals surface area contributed by atoms with Crippen molar-refractivity contribution in [1.29, 1.82) is 0 Å². The van der Waals surface area contributed by atoms with Crippen LogP contribution < -0.4 is 5.32 Å². The van der Waals surface area contributed by atoms with Crippen LogP contribution in [0.2, 0.25) is 0 Å². The van der Waals surface area contributed by atoms with Crippen molar-refractivity contribution >= 4 is 0 Å². The second kappa shape index (κ2) is 6.78. The summed E-state index contributed by atoms with van der Waals surface area (Å²) >= 11 is 0. The summed E-state index contributed by atoms with van der Waals surface area (Å²) in [5.74, 6) is -0.213. The Labute approximate surface area is 124 Å². The van der Waals surface area contributed by atoms with Crippen LogP contribution in [0.1, 0.15) is 30.1 Å². The van der Waals surface area contributed by atoms with Crippen molar-refractivity contribution in [2.45, 2.75) is 31.5 Å². The summed E-state index contributed by atoms with van der Waals surface area (Å²) in [6.45, 7) is 1.47. The van der Waals surface area contributed by atoms with E-state index < -0.39 is 0 Å². The van der Waals surface area contributed by atoms with Crippen LogP contribution in [-0.2, 0) is 11.3 Å². The van der Waals surface area contributed by atoms with Crippen LogP contribution in [0.25, 0.3) is 0 Å². The van der Waals surface area contributed by atoms with Crippen LogP contribution in [-0.4, -0.2) is 17.7 Å². The number of aromatic nitrogens is 1. The maximum absolute atomic E-state index is 13.1. The van der Waals surface area contributed by atoms with Gasteiger partial charge in [-0.25, -0.2) is 4.39 Å². The van der Waals surface area contributed by atoms with Gasteiger partial charge in [0.05, 0.1) is 17.8 Å². The smallest absolute Gasteiger partial charge is 0.123 e. The number of benzene rings is 1. The van der Waals surface area contributed by atoms with Crippen LogP contribution in [0.15, 0.2) is 48.7 Å². The minimum atomic E-state index is -0.213. The SMILES string of the molecule is Fc1ccc([C@H](NCc2ccccn2)[C@H]2CCCO2)cc1. The highest BCUT2D eigenvalue weighted by Crippen LogP contribution is 2.27. The molecule has 0 unspecified atom stereocenters. The highest BCUT2D eigenvalue weighted by molar-refractivity contribution is 5.21. The van der Waals surface area contributed by atoms with Crippen LogP contribution >= 0.6 is 0 Å². The highest BCUT2D eigenvalue weighted by Gasteiger charge is 2.27. The second-order valence-electron chi connectivity index (χ2n) is 5.28. The first kappa shape index (κ1) is 14.2. The van der Waals surface area contributed by atoms with E-state index in [0.717, 1.165) is 30.7 Å². The first-order valence-electron chi connectivity index (χ1n) is 7.33. The molecule has 1 aliphatic heterocycles. The van der Waals surface area contributed by atoms with E-state index in [9.17, 15) is 4.39 Å². The van der Waals surface area contributed by atoms with Crippen LogP contribution in [0.3, 0.4) is 0 Å². The third-order valence-corrected chi connectivity index (χ3v) is 3.80. The predicted molar refractivity (Wildman–Crippen MR) is 79.2 cm³/mol. The van der Waals surface area contributed by atoms with E-state index in [0.29, 0.717) is 6.54 Å². The fraction of sp³-hybridized carbons (Fsp3) is 0.353. The Bertz CT molecular complexity index is 553. The van der Waals surface area contributed by atoms with E-state index >= 15 is 0 Å². The summed E-state index contributed by atoms with van der Waals surface area (Å²) < 4.78 is 18.9. The van der Waals surface area contributed by atoms with Crippen molar-refractivity contribution in [2.24, 2.45) is 0 Å². The molecular formula is C17H19FN2O. The van der Waals surface area contributed by atoms with Crippen LogP contribution in [0, 0.1) is 5.82 Å². The fourth-order valence-electron chi connectivity index (χ4n) is 2.72. The fourth-order valence-corrected chi connectivity index (χ4v) is 2.72. The lowest BCUT2D eigenvalue weighted by Gasteiger charge is -2.24. The number of nitrogens with one attached hydrogen (secondary N) is 1. The molecule has 2 aromatic rings. The third-order valence-electron chi connectivity index (χ3n) is 3.80. The summed E-state index contributed by atoms with van der Waals surface area (Å²) in [4.78, 5) is 4.32. The van der Waals surface area contributed by atoms with Gasteiger partial charge in [-0.3, -0.25) is 4.98 Å². The van der Waals surface area contributed by atoms with Crippen LogP contribution in [0.5, 0.6) is 0 Å². The van der Waals surface area contributed by atoms with E-state index in [1.165, 1.54) is 12.1 Å². The van der Waals surface area contributed by atoms with Crippen molar-refractivity contribution in [3.8, 4) is 0 Å². The lowest BCUT2D eigenvalue weighted by molar-refractivity contribution is 0.0774. The Morgan fingerprint density at radius 3 is 2.76 bits per heavy atom. The molecule has 0 radical (unpaired) electrons. The lowest BCUT2D eigenvalue weighted by Crippen LogP contribution is -2.31. The van der Waals surface area contributed by atoms with Gasteiger partial charge in [-0.15, -0.1) is 0 Å². The van der Waals surface area contributed by atoms with Gasteiger partial charge in [0.2, 0.25) is 0 Å². The summed E-state index contributed by atoms with van der Waals surface area (Å²) in [6, 6.07) is 12.6. The molecule has 1 aromatic carbocycles. The molecule has 1 saturated heterocycles. The van der Waals surface area contributed by atoms with Gasteiger partial charge in [0.15, 0.2) is 0 Å². The molecule has 1 aromatic heterocycles. The van der Waals surface area contributed by atoms with E-state index in [4.69, 9.17) is 4.74 Å². The third kappa shape index (κ3) is 3.65. The summed E-state index contributed by atoms with van der Waals surface area (Å²) in [5, 5.41) is 3.50. The zero-order valence-corrected chi connectivity index (χ0v) is 11.8. The van der Waals surface area contributed by atoms with Gasteiger partial charge in [0.25, 0.3) is 0 Å². The van der Waals surface area contributed by atoms with Gasteiger partial charge in [0, 0.05) is 19.3 Å². The van der Waals surface area contributed by atoms with Gasteiger partial charge >= 0.3 is 0 Å². The molecule has 4 heteroatoms. The number of hydrogen-bond acceptors (Lipinski definition) is 3. The average molecular weight is 286 g/mol. The predicted octanol–water partition coefficient (Wildman–Crippen LogP) is 3.23. The molecule has 110 valence electrons. The molecule has 0 amide bonds. The first-order chi connectivity index (χ1) is 10.3. The first-order valence-corrected chi connectivity index (χ1v) is 7.33. The van der Waals surface area contributed by atoms with Crippen molar-refractivity contribution in [3.05, 3.63) is 65.7 Å². The molecule has 1 N–H and O–H groups in total. The van der Waals surface area contributed by atoms with Crippen molar-refractivity contribution in [3.63, 3.8) is 0 Å². The molecule has 2 atom stereocenters. The standard InChI is InChI=1S/C17H19FN2O/c18-14-8-6-13(7-9-14)17(16-5-3-11-21-16)20-12-15-4-1-2-10-19-15/h1-2,4,6-10,16-17,20H,3,5,11-12H2/t16-,17+/m1/s1. The number of pyridine rings is 1. The molecule has 21 heavy (non-hydrogen) atoms. The Kier molecular flexibility index (Phi) is 4.58. The zero-order chi connectivity index (χ0) is 14.5. The van der Waals surface area contributed by atoms with Crippen LogP contribution in [0.4, 0.5) is 4.39 Å². The molecule has 3 rings (SSSR count). The average Bonchev–Trinajstić information content (AvgIpc) is 3.04. The van der Waals surface area contributed by atoms with Gasteiger partial charge in [0.1, 0.15) is 5.82 Å². The second-order valence-corrected chi connectivity index (χ2v) is 5.28. The topological polar surface area (TPSA) is 34.2 Å². The Morgan fingerprint density at radius 1 is 1.24 bits per heavy atom. The number of halogens is 1. The van der Waals surface area contributed by atoms with Crippen molar-refractivity contribution < 1.29 is 9.13 Å². The molecule has 0 spiro atoms. The molecule has 0 aliphatic carbocycles.